The lowest BCUT2D eigenvalue weighted by atomic mass is 9.87. The maximum Gasteiger partial charge on any atom is 0.121 e. The minimum atomic E-state index is 0.172. The van der Waals surface area contributed by atoms with Crippen LogP contribution in [0.1, 0.15) is 39.7 Å². The van der Waals surface area contributed by atoms with E-state index >= 15 is 0 Å². The van der Waals surface area contributed by atoms with Gasteiger partial charge in [-0.2, -0.15) is 0 Å². The Kier molecular flexibility index (Phi) is 6.53. The number of rotatable bonds is 8. The van der Waals surface area contributed by atoms with E-state index in [1.807, 2.05) is 36.4 Å². The lowest BCUT2D eigenvalue weighted by molar-refractivity contribution is 0.317. The third-order valence-corrected chi connectivity index (χ3v) is 3.73. The minimum Gasteiger partial charge on any atom is -0.494 e. The first-order chi connectivity index (χ1) is 11.5. The van der Waals surface area contributed by atoms with E-state index < -0.39 is 0 Å². The van der Waals surface area contributed by atoms with E-state index in [1.165, 1.54) is 5.56 Å². The van der Waals surface area contributed by atoms with Crippen LogP contribution in [0.2, 0.25) is 0 Å². The number of benzene rings is 2. The van der Waals surface area contributed by atoms with Gasteiger partial charge in [-0.25, -0.2) is 0 Å². The van der Waals surface area contributed by atoms with E-state index in [4.69, 9.17) is 9.47 Å². The molecule has 0 aliphatic carbocycles. The lowest BCUT2D eigenvalue weighted by Gasteiger charge is -2.19. The summed E-state index contributed by atoms with van der Waals surface area (Å²) in [6, 6.07) is 16.4. The molecule has 0 unspecified atom stereocenters. The molecule has 2 rings (SSSR count). The third-order valence-electron chi connectivity index (χ3n) is 3.73. The fraction of sp³-hybridized carbons (Fsp3) is 0.429. The number of ether oxygens (including phenoxy) is 2. The van der Waals surface area contributed by atoms with Crippen molar-refractivity contribution in [2.24, 2.45) is 0 Å². The molecule has 3 nitrogen and oxygen atoms in total. The molecule has 0 aliphatic rings. The molecule has 0 fully saturated rings. The lowest BCUT2D eigenvalue weighted by Crippen LogP contribution is -2.12. The Hall–Kier alpha value is -2.16. The summed E-state index contributed by atoms with van der Waals surface area (Å²) >= 11 is 0. The molecule has 0 saturated carbocycles. The molecule has 0 atom stereocenters. The van der Waals surface area contributed by atoms with E-state index in [2.05, 4.69) is 45.1 Å². The highest BCUT2D eigenvalue weighted by molar-refractivity contribution is 5.48. The van der Waals surface area contributed by atoms with Crippen molar-refractivity contribution in [3.63, 3.8) is 0 Å². The van der Waals surface area contributed by atoms with Crippen molar-refractivity contribution in [1.82, 2.24) is 0 Å². The Morgan fingerprint density at radius 1 is 0.875 bits per heavy atom. The van der Waals surface area contributed by atoms with Gasteiger partial charge in [0.2, 0.25) is 0 Å². The van der Waals surface area contributed by atoms with Crippen molar-refractivity contribution in [2.45, 2.75) is 39.5 Å². The molecule has 24 heavy (non-hydrogen) atoms. The van der Waals surface area contributed by atoms with E-state index in [0.29, 0.717) is 6.61 Å². The molecule has 3 heteroatoms. The highest BCUT2D eigenvalue weighted by atomic mass is 16.5. The van der Waals surface area contributed by atoms with Crippen LogP contribution in [0.15, 0.2) is 48.5 Å². The quantitative estimate of drug-likeness (QED) is 0.671. The molecule has 0 spiro atoms. The van der Waals surface area contributed by atoms with Gasteiger partial charge in [-0.05, 0) is 41.7 Å². The SMILES string of the molecule is CCCOc1cccc(NCCOc2ccc(C(C)(C)C)cc2)c1. The van der Waals surface area contributed by atoms with E-state index in [-0.39, 0.29) is 5.41 Å². The van der Waals surface area contributed by atoms with Gasteiger partial charge in [-0.1, -0.05) is 45.9 Å². The maximum atomic E-state index is 5.80. The Balaban J connectivity index is 1.76. The summed E-state index contributed by atoms with van der Waals surface area (Å²) in [5, 5.41) is 3.36. The third kappa shape index (κ3) is 5.80. The van der Waals surface area contributed by atoms with E-state index in [1.54, 1.807) is 0 Å². The predicted octanol–water partition coefficient (Wildman–Crippen LogP) is 5.26. The molecular formula is C21H29NO2. The van der Waals surface area contributed by atoms with Gasteiger partial charge in [0.05, 0.1) is 6.61 Å². The fourth-order valence-corrected chi connectivity index (χ4v) is 2.33. The van der Waals surface area contributed by atoms with Gasteiger partial charge in [-0.15, -0.1) is 0 Å². The number of hydrogen-bond donors (Lipinski definition) is 1. The van der Waals surface area contributed by atoms with Crippen molar-refractivity contribution < 1.29 is 9.47 Å². The second kappa shape index (κ2) is 8.62. The molecule has 0 aliphatic heterocycles. The predicted molar refractivity (Wildman–Crippen MR) is 101 cm³/mol. The molecule has 0 radical (unpaired) electrons. The summed E-state index contributed by atoms with van der Waals surface area (Å²) in [6.07, 6.45) is 1.01. The number of anilines is 1. The Morgan fingerprint density at radius 3 is 2.25 bits per heavy atom. The molecule has 0 amide bonds. The van der Waals surface area contributed by atoms with E-state index in [9.17, 15) is 0 Å². The minimum absolute atomic E-state index is 0.172. The van der Waals surface area contributed by atoms with Crippen molar-refractivity contribution in [1.29, 1.82) is 0 Å². The van der Waals surface area contributed by atoms with Crippen molar-refractivity contribution in [3.8, 4) is 11.5 Å². The van der Waals surface area contributed by atoms with Gasteiger partial charge in [-0.3, -0.25) is 0 Å². The van der Waals surface area contributed by atoms with Gasteiger partial charge >= 0.3 is 0 Å². The molecule has 2 aromatic carbocycles. The number of hydrogen-bond acceptors (Lipinski definition) is 3. The maximum absolute atomic E-state index is 5.80. The highest BCUT2D eigenvalue weighted by Gasteiger charge is 2.12. The van der Waals surface area contributed by atoms with Crippen LogP contribution in [0.5, 0.6) is 11.5 Å². The Labute approximate surface area is 146 Å². The zero-order valence-corrected chi connectivity index (χ0v) is 15.3. The fourth-order valence-electron chi connectivity index (χ4n) is 2.33. The van der Waals surface area contributed by atoms with Gasteiger partial charge < -0.3 is 14.8 Å². The van der Waals surface area contributed by atoms with Crippen LogP contribution < -0.4 is 14.8 Å². The smallest absolute Gasteiger partial charge is 0.121 e. The van der Waals surface area contributed by atoms with Crippen LogP contribution in [0.3, 0.4) is 0 Å². The number of nitrogens with one attached hydrogen (secondary N) is 1. The van der Waals surface area contributed by atoms with Crippen LogP contribution in [0.25, 0.3) is 0 Å². The second-order valence-corrected chi connectivity index (χ2v) is 6.93. The van der Waals surface area contributed by atoms with Gasteiger partial charge in [0, 0.05) is 18.3 Å². The molecule has 1 N–H and O–H groups in total. The largest absolute Gasteiger partial charge is 0.494 e. The standard InChI is InChI=1S/C21H29NO2/c1-5-14-23-20-8-6-7-18(16-20)22-13-15-24-19-11-9-17(10-12-19)21(2,3)4/h6-12,16,22H,5,13-15H2,1-4H3. The summed E-state index contributed by atoms with van der Waals surface area (Å²) in [5.74, 6) is 1.81. The van der Waals surface area contributed by atoms with Crippen LogP contribution >= 0.6 is 0 Å². The van der Waals surface area contributed by atoms with Crippen molar-refractivity contribution >= 4 is 5.69 Å². The van der Waals surface area contributed by atoms with Crippen LogP contribution in [-0.4, -0.2) is 19.8 Å². The molecule has 2 aromatic rings. The van der Waals surface area contributed by atoms with Gasteiger partial charge in [0.15, 0.2) is 0 Å². The molecular weight excluding hydrogens is 298 g/mol. The molecule has 0 saturated heterocycles. The first-order valence-electron chi connectivity index (χ1n) is 8.69. The summed E-state index contributed by atoms with van der Waals surface area (Å²) in [7, 11) is 0. The monoisotopic (exact) mass is 327 g/mol. The average Bonchev–Trinajstić information content (AvgIpc) is 2.57. The normalized spacial score (nSPS) is 11.2. The molecule has 130 valence electrons. The topological polar surface area (TPSA) is 30.5 Å². The van der Waals surface area contributed by atoms with Gasteiger partial charge in [0.25, 0.3) is 0 Å². The zero-order chi connectivity index (χ0) is 17.4. The highest BCUT2D eigenvalue weighted by Crippen LogP contribution is 2.24. The van der Waals surface area contributed by atoms with Crippen LogP contribution in [0, 0.1) is 0 Å². The molecule has 0 aromatic heterocycles. The summed E-state index contributed by atoms with van der Waals surface area (Å²) in [4.78, 5) is 0. The summed E-state index contributed by atoms with van der Waals surface area (Å²) < 4.78 is 11.4. The first kappa shape index (κ1) is 18.2. The summed E-state index contributed by atoms with van der Waals surface area (Å²) in [5.41, 5.74) is 2.54. The summed E-state index contributed by atoms with van der Waals surface area (Å²) in [6.45, 7) is 10.9. The van der Waals surface area contributed by atoms with Crippen LogP contribution in [-0.2, 0) is 5.41 Å². The first-order valence-corrected chi connectivity index (χ1v) is 8.69. The van der Waals surface area contributed by atoms with Crippen molar-refractivity contribution in [2.75, 3.05) is 25.1 Å². The van der Waals surface area contributed by atoms with Crippen LogP contribution in [0.4, 0.5) is 5.69 Å². The Morgan fingerprint density at radius 2 is 1.58 bits per heavy atom. The zero-order valence-electron chi connectivity index (χ0n) is 15.3. The second-order valence-electron chi connectivity index (χ2n) is 6.93. The average molecular weight is 327 g/mol. The molecule has 0 heterocycles. The Bertz CT molecular complexity index is 614. The molecule has 0 bridgehead atoms. The van der Waals surface area contributed by atoms with Crippen molar-refractivity contribution in [3.05, 3.63) is 54.1 Å². The van der Waals surface area contributed by atoms with Gasteiger partial charge in [0.1, 0.15) is 18.1 Å². The van der Waals surface area contributed by atoms with E-state index in [0.717, 1.165) is 36.8 Å².